The van der Waals surface area contributed by atoms with Gasteiger partial charge in [0.2, 0.25) is 0 Å². The van der Waals surface area contributed by atoms with E-state index in [-0.39, 0.29) is 0 Å². The number of likely N-dealkylation sites (N-methyl/N-ethyl adjacent to an activating group) is 1. The van der Waals surface area contributed by atoms with Crippen molar-refractivity contribution in [1.82, 2.24) is 10.2 Å². The lowest BCUT2D eigenvalue weighted by Crippen LogP contribution is -2.52. The second-order valence-electron chi connectivity index (χ2n) is 5.49. The van der Waals surface area contributed by atoms with Crippen molar-refractivity contribution in [2.24, 2.45) is 4.99 Å². The molecule has 0 fully saturated rings. The predicted octanol–water partition coefficient (Wildman–Crippen LogP) is 2.49. The van der Waals surface area contributed by atoms with Gasteiger partial charge in [-0.1, -0.05) is 26.0 Å². The van der Waals surface area contributed by atoms with E-state index in [9.17, 15) is 0 Å². The van der Waals surface area contributed by atoms with Crippen LogP contribution in [0.3, 0.4) is 0 Å². The van der Waals surface area contributed by atoms with Crippen molar-refractivity contribution in [3.05, 3.63) is 29.8 Å². The van der Waals surface area contributed by atoms with Crippen molar-refractivity contribution in [2.45, 2.75) is 33.4 Å². The SMILES string of the molecule is CCN(CC)CCN=C1NC(C)(C)Oc2ccccc21. The molecule has 1 N–H and O–H groups in total. The van der Waals surface area contributed by atoms with E-state index in [0.29, 0.717) is 0 Å². The maximum Gasteiger partial charge on any atom is 0.176 e. The van der Waals surface area contributed by atoms with Crippen LogP contribution < -0.4 is 10.1 Å². The molecule has 0 spiro atoms. The first kappa shape index (κ1) is 14.9. The molecule has 0 aromatic heterocycles. The Kier molecular flexibility index (Phi) is 4.65. The van der Waals surface area contributed by atoms with E-state index < -0.39 is 5.72 Å². The molecule has 0 bridgehead atoms. The summed E-state index contributed by atoms with van der Waals surface area (Å²) in [6.45, 7) is 12.3. The normalized spacial score (nSPS) is 18.6. The van der Waals surface area contributed by atoms with Crippen molar-refractivity contribution in [2.75, 3.05) is 26.2 Å². The molecule has 1 aliphatic heterocycles. The fourth-order valence-electron chi connectivity index (χ4n) is 2.37. The van der Waals surface area contributed by atoms with E-state index in [1.165, 1.54) is 0 Å². The van der Waals surface area contributed by atoms with Crippen LogP contribution in [0.5, 0.6) is 5.75 Å². The van der Waals surface area contributed by atoms with E-state index >= 15 is 0 Å². The van der Waals surface area contributed by atoms with Gasteiger partial charge >= 0.3 is 0 Å². The Morgan fingerprint density at radius 1 is 1.20 bits per heavy atom. The molecule has 20 heavy (non-hydrogen) atoms. The molecule has 2 rings (SSSR count). The van der Waals surface area contributed by atoms with E-state index in [0.717, 1.165) is 43.3 Å². The number of rotatable bonds is 5. The first-order valence-electron chi connectivity index (χ1n) is 7.39. The first-order chi connectivity index (χ1) is 9.55. The molecule has 1 heterocycles. The molecule has 0 saturated heterocycles. The fraction of sp³-hybridized carbons (Fsp3) is 0.562. The van der Waals surface area contributed by atoms with E-state index in [1.807, 2.05) is 38.1 Å². The summed E-state index contributed by atoms with van der Waals surface area (Å²) in [4.78, 5) is 7.12. The van der Waals surface area contributed by atoms with Gasteiger partial charge in [-0.2, -0.15) is 0 Å². The molecule has 1 aromatic carbocycles. The highest BCUT2D eigenvalue weighted by Gasteiger charge is 2.29. The zero-order valence-electron chi connectivity index (χ0n) is 12.9. The number of benzene rings is 1. The Hall–Kier alpha value is -1.55. The number of nitrogens with one attached hydrogen (secondary N) is 1. The molecule has 4 heteroatoms. The van der Waals surface area contributed by atoms with Gasteiger partial charge in [-0.15, -0.1) is 0 Å². The number of aliphatic imine (C=N–C) groups is 1. The molecule has 0 amide bonds. The summed E-state index contributed by atoms with van der Waals surface area (Å²) in [6.07, 6.45) is 0. The van der Waals surface area contributed by atoms with E-state index in [4.69, 9.17) is 9.73 Å². The maximum atomic E-state index is 5.92. The Labute approximate surface area is 121 Å². The minimum atomic E-state index is -0.414. The summed E-state index contributed by atoms with van der Waals surface area (Å²) in [5.41, 5.74) is 0.633. The fourth-order valence-corrected chi connectivity index (χ4v) is 2.37. The molecule has 0 atom stereocenters. The first-order valence-corrected chi connectivity index (χ1v) is 7.39. The number of para-hydroxylation sites is 1. The largest absolute Gasteiger partial charge is 0.468 e. The van der Waals surface area contributed by atoms with Gasteiger partial charge < -0.3 is 15.0 Å². The molecule has 1 aromatic rings. The molecule has 110 valence electrons. The quantitative estimate of drug-likeness (QED) is 0.897. The summed E-state index contributed by atoms with van der Waals surface area (Å²) in [5, 5.41) is 3.37. The average molecular weight is 275 g/mol. The van der Waals surface area contributed by atoms with Gasteiger partial charge in [-0.3, -0.25) is 4.99 Å². The lowest BCUT2D eigenvalue weighted by molar-refractivity contribution is 0.0864. The van der Waals surface area contributed by atoms with Crippen LogP contribution in [-0.2, 0) is 0 Å². The summed E-state index contributed by atoms with van der Waals surface area (Å²) < 4.78 is 5.92. The van der Waals surface area contributed by atoms with Gasteiger partial charge in [0, 0.05) is 6.54 Å². The average Bonchev–Trinajstić information content (AvgIpc) is 2.42. The van der Waals surface area contributed by atoms with Crippen LogP contribution in [0.2, 0.25) is 0 Å². The lowest BCUT2D eigenvalue weighted by atomic mass is 10.1. The molecular weight excluding hydrogens is 250 g/mol. The van der Waals surface area contributed by atoms with Gasteiger partial charge in [-0.25, -0.2) is 0 Å². The molecule has 1 aliphatic rings. The van der Waals surface area contributed by atoms with Crippen LogP contribution in [0.4, 0.5) is 0 Å². The highest BCUT2D eigenvalue weighted by Crippen LogP contribution is 2.27. The number of amidine groups is 1. The lowest BCUT2D eigenvalue weighted by Gasteiger charge is -2.35. The second kappa shape index (κ2) is 6.27. The number of hydrogen-bond acceptors (Lipinski definition) is 3. The van der Waals surface area contributed by atoms with Crippen LogP contribution in [0.1, 0.15) is 33.3 Å². The van der Waals surface area contributed by atoms with Crippen molar-refractivity contribution in [3.63, 3.8) is 0 Å². The Balaban J connectivity index is 2.14. The van der Waals surface area contributed by atoms with Gasteiger partial charge in [0.15, 0.2) is 5.72 Å². The molecule has 0 radical (unpaired) electrons. The third-order valence-electron chi connectivity index (χ3n) is 3.51. The zero-order valence-corrected chi connectivity index (χ0v) is 12.9. The molecule has 0 saturated carbocycles. The van der Waals surface area contributed by atoms with Gasteiger partial charge in [-0.05, 0) is 39.1 Å². The minimum absolute atomic E-state index is 0.414. The topological polar surface area (TPSA) is 36.9 Å². The summed E-state index contributed by atoms with van der Waals surface area (Å²) in [6, 6.07) is 8.06. The summed E-state index contributed by atoms with van der Waals surface area (Å²) >= 11 is 0. The van der Waals surface area contributed by atoms with Crippen LogP contribution in [0, 0.1) is 0 Å². The third-order valence-corrected chi connectivity index (χ3v) is 3.51. The van der Waals surface area contributed by atoms with Crippen molar-refractivity contribution >= 4 is 5.84 Å². The number of fused-ring (bicyclic) bond motifs is 1. The molecule has 0 aliphatic carbocycles. The maximum absolute atomic E-state index is 5.92. The van der Waals surface area contributed by atoms with E-state index in [1.54, 1.807) is 0 Å². The minimum Gasteiger partial charge on any atom is -0.468 e. The third kappa shape index (κ3) is 3.51. The number of nitrogens with zero attached hydrogens (tertiary/aromatic N) is 2. The smallest absolute Gasteiger partial charge is 0.176 e. The van der Waals surface area contributed by atoms with Gasteiger partial charge in [0.25, 0.3) is 0 Å². The predicted molar refractivity (Wildman–Crippen MR) is 83.5 cm³/mol. The second-order valence-corrected chi connectivity index (χ2v) is 5.49. The molecule has 4 nitrogen and oxygen atoms in total. The Morgan fingerprint density at radius 3 is 2.60 bits per heavy atom. The van der Waals surface area contributed by atoms with Crippen LogP contribution in [0.25, 0.3) is 0 Å². The standard InChI is InChI=1S/C16H25N3O/c1-5-19(6-2)12-11-17-15-13-9-7-8-10-14(13)20-16(3,4)18-15/h7-10H,5-6,11-12H2,1-4H3,(H,17,18). The van der Waals surface area contributed by atoms with Crippen LogP contribution in [0.15, 0.2) is 29.3 Å². The number of ether oxygens (including phenoxy) is 1. The Morgan fingerprint density at radius 2 is 1.90 bits per heavy atom. The van der Waals surface area contributed by atoms with Gasteiger partial charge in [0.1, 0.15) is 11.6 Å². The summed E-state index contributed by atoms with van der Waals surface area (Å²) in [5.74, 6) is 1.84. The number of hydrogen-bond donors (Lipinski definition) is 1. The monoisotopic (exact) mass is 275 g/mol. The Bertz CT molecular complexity index is 478. The van der Waals surface area contributed by atoms with Crippen molar-refractivity contribution in [1.29, 1.82) is 0 Å². The molecule has 0 unspecified atom stereocenters. The zero-order chi connectivity index (χ0) is 14.6. The summed E-state index contributed by atoms with van der Waals surface area (Å²) in [7, 11) is 0. The van der Waals surface area contributed by atoms with Gasteiger partial charge in [0.05, 0.1) is 12.1 Å². The highest BCUT2D eigenvalue weighted by molar-refractivity contribution is 6.02. The highest BCUT2D eigenvalue weighted by atomic mass is 16.5. The van der Waals surface area contributed by atoms with Crippen molar-refractivity contribution < 1.29 is 4.74 Å². The van der Waals surface area contributed by atoms with Crippen LogP contribution >= 0.6 is 0 Å². The van der Waals surface area contributed by atoms with Crippen LogP contribution in [-0.4, -0.2) is 42.6 Å². The molecular formula is C16H25N3O. The van der Waals surface area contributed by atoms with Crippen molar-refractivity contribution in [3.8, 4) is 5.75 Å². The van der Waals surface area contributed by atoms with E-state index in [2.05, 4.69) is 24.1 Å².